The molecule has 0 unspecified atom stereocenters. The number of aryl methyl sites for hydroxylation is 1. The van der Waals surface area contributed by atoms with Gasteiger partial charge in [-0.2, -0.15) is 5.10 Å². The second-order valence-corrected chi connectivity index (χ2v) is 5.30. The van der Waals surface area contributed by atoms with Crippen molar-refractivity contribution >= 4 is 0 Å². The van der Waals surface area contributed by atoms with Crippen LogP contribution in [-0.4, -0.2) is 9.78 Å². The zero-order valence-electron chi connectivity index (χ0n) is 11.6. The maximum atomic E-state index is 6.14. The van der Waals surface area contributed by atoms with Gasteiger partial charge < -0.3 is 5.73 Å². The van der Waals surface area contributed by atoms with Gasteiger partial charge in [0.15, 0.2) is 0 Å². The zero-order chi connectivity index (χ0) is 13.3. The third-order valence-electron chi connectivity index (χ3n) is 3.29. The summed E-state index contributed by atoms with van der Waals surface area (Å²) >= 11 is 0. The molecule has 0 aliphatic heterocycles. The largest absolute Gasteiger partial charge is 0.322 e. The molecule has 0 bridgehead atoms. The van der Waals surface area contributed by atoms with Crippen molar-refractivity contribution in [3.05, 3.63) is 47.3 Å². The maximum absolute atomic E-state index is 6.14. The monoisotopic (exact) mass is 243 g/mol. The van der Waals surface area contributed by atoms with Crippen LogP contribution in [0.3, 0.4) is 0 Å². The molecule has 1 aromatic heterocycles. The molecular weight excluding hydrogens is 222 g/mol. The van der Waals surface area contributed by atoms with Crippen molar-refractivity contribution in [2.75, 3.05) is 0 Å². The summed E-state index contributed by atoms with van der Waals surface area (Å²) in [7, 11) is 0. The molecule has 0 aliphatic rings. The number of rotatable bonds is 3. The third-order valence-corrected chi connectivity index (χ3v) is 3.29. The Labute approximate surface area is 109 Å². The number of nitrogens with zero attached hydrogens (tertiary/aromatic N) is 2. The molecule has 0 saturated carbocycles. The minimum absolute atomic E-state index is 0.355. The highest BCUT2D eigenvalue weighted by atomic mass is 15.3. The summed E-state index contributed by atoms with van der Waals surface area (Å²) in [5, 5.41) is 4.44. The fraction of sp³-hybridized carbons (Fsp3) is 0.400. The Balaban J connectivity index is 2.42. The highest BCUT2D eigenvalue weighted by molar-refractivity contribution is 5.38. The van der Waals surface area contributed by atoms with Crippen LogP contribution in [0.1, 0.15) is 37.6 Å². The molecule has 18 heavy (non-hydrogen) atoms. The smallest absolute Gasteiger partial charge is 0.0648 e. The molecule has 1 heterocycles. The Morgan fingerprint density at radius 3 is 2.28 bits per heavy atom. The Hall–Kier alpha value is -1.61. The SMILES string of the molecule is CCc1ccc(-n2ncc(C(C)(C)N)c2C)cc1. The fourth-order valence-corrected chi connectivity index (χ4v) is 2.18. The number of aromatic nitrogens is 2. The predicted molar refractivity (Wildman–Crippen MR) is 74.9 cm³/mol. The first kappa shape index (κ1) is 12.8. The van der Waals surface area contributed by atoms with Gasteiger partial charge in [0.25, 0.3) is 0 Å². The average molecular weight is 243 g/mol. The lowest BCUT2D eigenvalue weighted by atomic mass is 9.97. The Kier molecular flexibility index (Phi) is 3.26. The lowest BCUT2D eigenvalue weighted by Gasteiger charge is -2.18. The molecule has 0 aliphatic carbocycles. The minimum Gasteiger partial charge on any atom is -0.322 e. The van der Waals surface area contributed by atoms with E-state index in [1.807, 2.05) is 24.7 Å². The van der Waals surface area contributed by atoms with Crippen LogP contribution in [0.2, 0.25) is 0 Å². The van der Waals surface area contributed by atoms with Crippen molar-refractivity contribution in [1.82, 2.24) is 9.78 Å². The van der Waals surface area contributed by atoms with Crippen molar-refractivity contribution in [2.24, 2.45) is 5.73 Å². The van der Waals surface area contributed by atoms with E-state index in [-0.39, 0.29) is 5.54 Å². The third kappa shape index (κ3) is 2.31. The fourth-order valence-electron chi connectivity index (χ4n) is 2.18. The molecule has 0 spiro atoms. The van der Waals surface area contributed by atoms with Crippen molar-refractivity contribution in [2.45, 2.75) is 39.7 Å². The van der Waals surface area contributed by atoms with E-state index >= 15 is 0 Å². The number of nitrogens with two attached hydrogens (primary N) is 1. The molecule has 0 amide bonds. The topological polar surface area (TPSA) is 43.8 Å². The van der Waals surface area contributed by atoms with Crippen molar-refractivity contribution < 1.29 is 0 Å². The average Bonchev–Trinajstić information content (AvgIpc) is 2.71. The van der Waals surface area contributed by atoms with Crippen LogP contribution in [-0.2, 0) is 12.0 Å². The normalized spacial score (nSPS) is 11.8. The van der Waals surface area contributed by atoms with Crippen molar-refractivity contribution in [3.8, 4) is 5.69 Å². The summed E-state index contributed by atoms with van der Waals surface area (Å²) in [6, 6.07) is 8.49. The van der Waals surface area contributed by atoms with Gasteiger partial charge in [-0.1, -0.05) is 19.1 Å². The summed E-state index contributed by atoms with van der Waals surface area (Å²) in [5.74, 6) is 0. The van der Waals surface area contributed by atoms with Gasteiger partial charge >= 0.3 is 0 Å². The van der Waals surface area contributed by atoms with Crippen LogP contribution < -0.4 is 5.73 Å². The number of hydrogen-bond acceptors (Lipinski definition) is 2. The molecule has 0 radical (unpaired) electrons. The first-order valence-electron chi connectivity index (χ1n) is 6.36. The lowest BCUT2D eigenvalue weighted by molar-refractivity contribution is 0.550. The molecule has 0 saturated heterocycles. The van der Waals surface area contributed by atoms with E-state index in [9.17, 15) is 0 Å². The zero-order valence-corrected chi connectivity index (χ0v) is 11.6. The van der Waals surface area contributed by atoms with Gasteiger partial charge in [0.1, 0.15) is 0 Å². The molecule has 0 fully saturated rings. The maximum Gasteiger partial charge on any atom is 0.0648 e. The van der Waals surface area contributed by atoms with Gasteiger partial charge in [-0.3, -0.25) is 0 Å². The van der Waals surface area contributed by atoms with Gasteiger partial charge in [0, 0.05) is 16.8 Å². The standard InChI is InChI=1S/C15H21N3/c1-5-12-6-8-13(9-7-12)18-11(2)14(10-17-18)15(3,4)16/h6-10H,5,16H2,1-4H3. The molecule has 96 valence electrons. The second kappa shape index (κ2) is 4.58. The molecule has 2 aromatic rings. The first-order valence-corrected chi connectivity index (χ1v) is 6.36. The first-order chi connectivity index (χ1) is 8.43. The molecule has 3 heteroatoms. The molecule has 0 atom stereocenters. The van der Waals surface area contributed by atoms with E-state index in [0.29, 0.717) is 0 Å². The van der Waals surface area contributed by atoms with Crippen LogP contribution in [0.25, 0.3) is 5.69 Å². The highest BCUT2D eigenvalue weighted by Gasteiger charge is 2.20. The van der Waals surface area contributed by atoms with Crippen LogP contribution in [0.5, 0.6) is 0 Å². The summed E-state index contributed by atoms with van der Waals surface area (Å²) in [6.45, 7) is 8.22. The number of benzene rings is 1. The van der Waals surface area contributed by atoms with Gasteiger partial charge in [0.05, 0.1) is 11.9 Å². The quantitative estimate of drug-likeness (QED) is 0.900. The van der Waals surface area contributed by atoms with E-state index in [1.165, 1.54) is 5.56 Å². The van der Waals surface area contributed by atoms with Crippen LogP contribution in [0.4, 0.5) is 0 Å². The summed E-state index contributed by atoms with van der Waals surface area (Å²) in [5.41, 5.74) is 10.4. The van der Waals surface area contributed by atoms with Gasteiger partial charge in [0.2, 0.25) is 0 Å². The summed E-state index contributed by atoms with van der Waals surface area (Å²) in [4.78, 5) is 0. The Morgan fingerprint density at radius 2 is 1.83 bits per heavy atom. The van der Waals surface area contributed by atoms with E-state index in [4.69, 9.17) is 5.73 Å². The van der Waals surface area contributed by atoms with Crippen LogP contribution in [0, 0.1) is 6.92 Å². The van der Waals surface area contributed by atoms with E-state index < -0.39 is 0 Å². The van der Waals surface area contributed by atoms with Gasteiger partial charge in [-0.15, -0.1) is 0 Å². The Bertz CT molecular complexity index is 530. The minimum atomic E-state index is -0.355. The van der Waals surface area contributed by atoms with Gasteiger partial charge in [-0.25, -0.2) is 4.68 Å². The molecular formula is C15H21N3. The van der Waals surface area contributed by atoms with Crippen LogP contribution >= 0.6 is 0 Å². The van der Waals surface area contributed by atoms with E-state index in [0.717, 1.165) is 23.4 Å². The Morgan fingerprint density at radius 1 is 1.22 bits per heavy atom. The predicted octanol–water partition coefficient (Wildman–Crippen LogP) is 2.94. The lowest BCUT2D eigenvalue weighted by Crippen LogP contribution is -2.29. The van der Waals surface area contributed by atoms with Crippen molar-refractivity contribution in [1.29, 1.82) is 0 Å². The van der Waals surface area contributed by atoms with Gasteiger partial charge in [-0.05, 0) is 44.9 Å². The summed E-state index contributed by atoms with van der Waals surface area (Å²) < 4.78 is 1.95. The number of hydrogen-bond donors (Lipinski definition) is 1. The summed E-state index contributed by atoms with van der Waals surface area (Å²) in [6.07, 6.45) is 2.92. The molecule has 2 rings (SSSR count). The second-order valence-electron chi connectivity index (χ2n) is 5.30. The molecule has 3 nitrogen and oxygen atoms in total. The highest BCUT2D eigenvalue weighted by Crippen LogP contribution is 2.22. The van der Waals surface area contributed by atoms with E-state index in [2.05, 4.69) is 43.2 Å². The van der Waals surface area contributed by atoms with E-state index in [1.54, 1.807) is 0 Å². The molecule has 2 N–H and O–H groups in total. The van der Waals surface area contributed by atoms with Crippen molar-refractivity contribution in [3.63, 3.8) is 0 Å². The van der Waals surface area contributed by atoms with Crippen LogP contribution in [0.15, 0.2) is 30.5 Å². The molecule has 1 aromatic carbocycles.